The molecule has 0 fully saturated rings. The summed E-state index contributed by atoms with van der Waals surface area (Å²) in [5.74, 6) is -4.59. The first-order chi connectivity index (χ1) is 9.88. The number of nitrogens with zero attached hydrogens (tertiary/aromatic N) is 2. The van der Waals surface area contributed by atoms with E-state index in [-0.39, 0.29) is 32.6 Å². The number of carbonyl (C=O) groups excluding carboxylic acids is 2. The van der Waals surface area contributed by atoms with E-state index in [1.54, 1.807) is 28.2 Å². The van der Waals surface area contributed by atoms with Crippen molar-refractivity contribution >= 4 is 23.9 Å². The van der Waals surface area contributed by atoms with E-state index in [2.05, 4.69) is 0 Å². The minimum atomic E-state index is -1.26. The van der Waals surface area contributed by atoms with Gasteiger partial charge in [0.1, 0.15) is 0 Å². The largest absolute Gasteiger partial charge is 2.00 e. The van der Waals surface area contributed by atoms with E-state index in [1.165, 1.54) is 9.80 Å². The summed E-state index contributed by atoms with van der Waals surface area (Å²) in [4.78, 5) is 41.5. The normalized spacial score (nSPS) is 9.13. The minimum absolute atomic E-state index is 0. The third-order valence-corrected chi connectivity index (χ3v) is 1.26. The molecule has 0 saturated carbocycles. The van der Waals surface area contributed by atoms with Crippen molar-refractivity contribution in [1.29, 1.82) is 0 Å². The van der Waals surface area contributed by atoms with Crippen LogP contribution in [0.4, 0.5) is 0 Å². The Morgan fingerprint density at radius 2 is 1.00 bits per heavy atom. The first-order valence-corrected chi connectivity index (χ1v) is 5.71. The first-order valence-electron chi connectivity index (χ1n) is 5.71. The van der Waals surface area contributed by atoms with Gasteiger partial charge in [-0.05, 0) is 28.2 Å². The molecule has 128 valence electrons. The van der Waals surface area contributed by atoms with Gasteiger partial charge < -0.3 is 39.8 Å². The van der Waals surface area contributed by atoms with Crippen LogP contribution in [-0.2, 0) is 38.7 Å². The molecule has 0 saturated heterocycles. The fourth-order valence-electron chi connectivity index (χ4n) is 0.659. The molecule has 0 atom stereocenters. The average Bonchev–Trinajstić information content (AvgIpc) is 2.23. The summed E-state index contributed by atoms with van der Waals surface area (Å²) in [5.41, 5.74) is 0. The van der Waals surface area contributed by atoms with E-state index in [4.69, 9.17) is 10.2 Å². The van der Waals surface area contributed by atoms with E-state index in [9.17, 15) is 29.4 Å². The molecule has 23 heavy (non-hydrogen) atoms. The fraction of sp³-hybridized carbons (Fsp3) is 0.500. The van der Waals surface area contributed by atoms with Crippen molar-refractivity contribution in [2.45, 2.75) is 0 Å². The second-order valence-electron chi connectivity index (χ2n) is 4.23. The van der Waals surface area contributed by atoms with Gasteiger partial charge in [-0.3, -0.25) is 0 Å². The molecule has 0 bridgehead atoms. The molecule has 0 aromatic heterocycles. The Kier molecular flexibility index (Phi) is 23.1. The van der Waals surface area contributed by atoms with Crippen molar-refractivity contribution in [2.24, 2.45) is 0 Å². The maximum Gasteiger partial charge on any atom is 2.00 e. The summed E-state index contributed by atoms with van der Waals surface area (Å²) in [6.07, 6.45) is 1.12. The number of hydrogen-bond acceptors (Lipinski definition) is 8. The van der Waals surface area contributed by atoms with Crippen molar-refractivity contribution in [3.63, 3.8) is 0 Å². The number of aliphatic carboxylic acids is 4. The zero-order valence-electron chi connectivity index (χ0n) is 13.5. The Morgan fingerprint density at radius 3 is 1.04 bits per heavy atom. The predicted octanol–water partition coefficient (Wildman–Crippen LogP) is -3.69. The third kappa shape index (κ3) is 53.4. The summed E-state index contributed by atoms with van der Waals surface area (Å²) in [5, 5.41) is 34.9. The second kappa shape index (κ2) is 18.2. The van der Waals surface area contributed by atoms with Gasteiger partial charge in [-0.2, -0.15) is 0 Å². The number of rotatable bonds is 6. The average molecular weight is 386 g/mol. The van der Waals surface area contributed by atoms with Crippen LogP contribution in [0.1, 0.15) is 0 Å². The van der Waals surface area contributed by atoms with Gasteiger partial charge in [0, 0.05) is 25.2 Å². The number of carboxylic acids is 4. The molecule has 10 nitrogen and oxygen atoms in total. The summed E-state index contributed by atoms with van der Waals surface area (Å²) in [6.45, 7) is 0. The van der Waals surface area contributed by atoms with Crippen LogP contribution in [0.15, 0.2) is 12.2 Å². The third-order valence-electron chi connectivity index (χ3n) is 1.26. The molecule has 0 aliphatic carbocycles. The van der Waals surface area contributed by atoms with Gasteiger partial charge in [-0.1, -0.05) is 0 Å². The van der Waals surface area contributed by atoms with Crippen molar-refractivity contribution < 1.29 is 59.1 Å². The SMILES string of the molecule is CN(C)CC(=O)[O-].CN(C)CC(=O)[O-].O=C(O)/C=C/C(=O)O.[Zn+2]. The Labute approximate surface area is 146 Å². The maximum atomic E-state index is 9.66. The number of carbonyl (C=O) groups is 4. The fourth-order valence-corrected chi connectivity index (χ4v) is 0.659. The van der Waals surface area contributed by atoms with Crippen LogP contribution in [-0.4, -0.2) is 85.2 Å². The molecule has 0 heterocycles. The van der Waals surface area contributed by atoms with Gasteiger partial charge in [0.15, 0.2) is 0 Å². The Morgan fingerprint density at radius 1 is 0.783 bits per heavy atom. The molecule has 0 rings (SSSR count). The predicted molar refractivity (Wildman–Crippen MR) is 71.5 cm³/mol. The number of carboxylic acid groups (broad SMARTS) is 4. The van der Waals surface area contributed by atoms with Crippen molar-refractivity contribution in [2.75, 3.05) is 41.3 Å². The van der Waals surface area contributed by atoms with E-state index < -0.39 is 23.9 Å². The molecular weight excluding hydrogens is 366 g/mol. The van der Waals surface area contributed by atoms with Gasteiger partial charge in [0.05, 0.1) is 11.9 Å². The zero-order valence-corrected chi connectivity index (χ0v) is 16.5. The molecule has 0 amide bonds. The standard InChI is InChI=1S/2C4H9NO2.C4H4O4.Zn/c2*1-5(2)3-4(6)7;5-3(6)1-2-4(7)8;/h2*3H2,1-2H3,(H,6,7);1-2H,(H,5,6)(H,7,8);/q;;;+2/p-2/b;;2-1+;. The van der Waals surface area contributed by atoms with Crippen LogP contribution >= 0.6 is 0 Å². The quantitative estimate of drug-likeness (QED) is 0.344. The van der Waals surface area contributed by atoms with Gasteiger partial charge >= 0.3 is 31.4 Å². The molecule has 0 unspecified atom stereocenters. The van der Waals surface area contributed by atoms with Crippen LogP contribution in [0.25, 0.3) is 0 Å². The molecule has 0 aromatic carbocycles. The van der Waals surface area contributed by atoms with Crippen LogP contribution in [0.5, 0.6) is 0 Å². The molecule has 0 aromatic rings. The molecule has 11 heteroatoms. The summed E-state index contributed by atoms with van der Waals surface area (Å²) in [7, 11) is 6.71. The summed E-state index contributed by atoms with van der Waals surface area (Å²) >= 11 is 0. The number of likely N-dealkylation sites (N-methyl/N-ethyl adjacent to an activating group) is 2. The van der Waals surface area contributed by atoms with Gasteiger partial charge in [-0.15, -0.1) is 0 Å². The van der Waals surface area contributed by atoms with Gasteiger partial charge in [-0.25, -0.2) is 9.59 Å². The second-order valence-corrected chi connectivity index (χ2v) is 4.23. The smallest absolute Gasteiger partial charge is 0.549 e. The molecule has 2 N–H and O–H groups in total. The maximum absolute atomic E-state index is 9.66. The van der Waals surface area contributed by atoms with E-state index in [1.807, 2.05) is 0 Å². The van der Waals surface area contributed by atoms with Crippen molar-refractivity contribution in [1.82, 2.24) is 9.80 Å². The monoisotopic (exact) mass is 384 g/mol. The number of hydrogen-bond donors (Lipinski definition) is 2. The van der Waals surface area contributed by atoms with Crippen LogP contribution in [0, 0.1) is 0 Å². The molecule has 0 radical (unpaired) electrons. The summed E-state index contributed by atoms with van der Waals surface area (Å²) < 4.78 is 0. The van der Waals surface area contributed by atoms with Gasteiger partial charge in [0.25, 0.3) is 0 Å². The molecular formula is C12H20N2O8Zn. The van der Waals surface area contributed by atoms with Crippen LogP contribution in [0.3, 0.4) is 0 Å². The van der Waals surface area contributed by atoms with E-state index in [0.29, 0.717) is 12.2 Å². The molecule has 0 aliphatic rings. The Bertz CT molecular complexity index is 361. The molecule has 0 spiro atoms. The zero-order chi connectivity index (χ0) is 18.3. The first kappa shape index (κ1) is 29.2. The minimum Gasteiger partial charge on any atom is -0.549 e. The van der Waals surface area contributed by atoms with Crippen molar-refractivity contribution in [3.05, 3.63) is 12.2 Å². The molecule has 0 aliphatic heterocycles. The van der Waals surface area contributed by atoms with Crippen molar-refractivity contribution in [3.8, 4) is 0 Å². The topological polar surface area (TPSA) is 161 Å². The van der Waals surface area contributed by atoms with Gasteiger partial charge in [0.2, 0.25) is 0 Å². The summed E-state index contributed by atoms with van der Waals surface area (Å²) in [6, 6.07) is 0. The van der Waals surface area contributed by atoms with E-state index >= 15 is 0 Å². The van der Waals surface area contributed by atoms with E-state index in [0.717, 1.165) is 0 Å². The van der Waals surface area contributed by atoms with Crippen LogP contribution in [0.2, 0.25) is 0 Å². The Hall–Kier alpha value is -1.84. The van der Waals surface area contributed by atoms with Crippen LogP contribution < -0.4 is 10.2 Å². The Balaban J connectivity index is -0.000000116.